The smallest absolute Gasteiger partial charge is 0.346 e. The highest BCUT2D eigenvalue weighted by atomic mass is 32.1. The van der Waals surface area contributed by atoms with E-state index in [2.05, 4.69) is 19.9 Å². The van der Waals surface area contributed by atoms with Crippen molar-refractivity contribution in [1.82, 2.24) is 14.6 Å². The summed E-state index contributed by atoms with van der Waals surface area (Å²) in [6.45, 7) is 3.69. The third kappa shape index (κ3) is 6.78. The SMILES string of the molecule is COC(=O)c1c(OCc2cccc(OC)c2F)nsc1NC(=O)NCCCCN1CCCC1. The minimum atomic E-state index is -0.717. The molecule has 3 rings (SSSR count). The number of halogens is 1. The van der Waals surface area contributed by atoms with E-state index in [-0.39, 0.29) is 34.4 Å². The molecular formula is C22H29FN4O5S. The standard InChI is InChI=1S/C22H29FN4O5S/c1-30-16-9-7-8-15(18(16)23)14-32-19-17(21(28)31-2)20(33-26-19)25-22(29)24-10-3-4-11-27-12-5-6-13-27/h7-9H,3-6,10-14H2,1-2H3,(H2,24,25,29). The number of carbonyl (C=O) groups is 2. The molecule has 1 saturated heterocycles. The number of carbonyl (C=O) groups excluding carboxylic acids is 2. The number of hydrogen-bond acceptors (Lipinski definition) is 8. The van der Waals surface area contributed by atoms with Gasteiger partial charge in [-0.3, -0.25) is 5.32 Å². The molecule has 0 spiro atoms. The lowest BCUT2D eigenvalue weighted by atomic mass is 10.2. The fourth-order valence-corrected chi connectivity index (χ4v) is 4.25. The minimum Gasteiger partial charge on any atom is -0.494 e. The van der Waals surface area contributed by atoms with Crippen LogP contribution in [0.1, 0.15) is 41.6 Å². The second-order valence-corrected chi connectivity index (χ2v) is 8.32. The van der Waals surface area contributed by atoms with E-state index in [1.54, 1.807) is 12.1 Å². The molecule has 0 radical (unpaired) electrons. The highest BCUT2D eigenvalue weighted by Crippen LogP contribution is 2.32. The number of hydrogen-bond donors (Lipinski definition) is 2. The van der Waals surface area contributed by atoms with Gasteiger partial charge in [-0.25, -0.2) is 14.0 Å². The lowest BCUT2D eigenvalue weighted by Gasteiger charge is -2.14. The number of aromatic nitrogens is 1. The predicted octanol–water partition coefficient (Wildman–Crippen LogP) is 3.65. The molecule has 1 aromatic heterocycles. The van der Waals surface area contributed by atoms with Gasteiger partial charge in [-0.05, 0) is 62.9 Å². The molecule has 2 aromatic rings. The molecule has 2 heterocycles. The number of unbranched alkanes of at least 4 members (excludes halogenated alkanes) is 1. The van der Waals surface area contributed by atoms with Gasteiger partial charge >= 0.3 is 12.0 Å². The van der Waals surface area contributed by atoms with E-state index in [1.807, 2.05) is 0 Å². The molecule has 0 unspecified atom stereocenters. The summed E-state index contributed by atoms with van der Waals surface area (Å²) in [5.74, 6) is -1.24. The Labute approximate surface area is 196 Å². The number of ether oxygens (including phenoxy) is 3. The summed E-state index contributed by atoms with van der Waals surface area (Å²) in [6.07, 6.45) is 4.39. The second-order valence-electron chi connectivity index (χ2n) is 7.54. The molecule has 0 aliphatic carbocycles. The van der Waals surface area contributed by atoms with Gasteiger partial charge in [0.2, 0.25) is 5.88 Å². The summed E-state index contributed by atoms with van der Waals surface area (Å²) >= 11 is 0.883. The van der Waals surface area contributed by atoms with Crippen LogP contribution in [0.4, 0.5) is 14.2 Å². The topological polar surface area (TPSA) is 102 Å². The summed E-state index contributed by atoms with van der Waals surface area (Å²) in [4.78, 5) is 27.0. The maximum Gasteiger partial charge on any atom is 0.346 e. The van der Waals surface area contributed by atoms with Crippen LogP contribution in [0, 0.1) is 5.82 Å². The Morgan fingerprint density at radius 2 is 2.00 bits per heavy atom. The van der Waals surface area contributed by atoms with E-state index in [1.165, 1.54) is 33.1 Å². The summed E-state index contributed by atoms with van der Waals surface area (Å²) in [6, 6.07) is 4.22. The number of benzene rings is 1. The van der Waals surface area contributed by atoms with Crippen LogP contribution in [0.3, 0.4) is 0 Å². The molecule has 0 saturated carbocycles. The van der Waals surface area contributed by atoms with Gasteiger partial charge in [-0.1, -0.05) is 12.1 Å². The maximum atomic E-state index is 14.4. The zero-order valence-electron chi connectivity index (χ0n) is 18.8. The van der Waals surface area contributed by atoms with Crippen molar-refractivity contribution in [3.63, 3.8) is 0 Å². The van der Waals surface area contributed by atoms with Crippen LogP contribution in [0.25, 0.3) is 0 Å². The van der Waals surface area contributed by atoms with Crippen LogP contribution < -0.4 is 20.1 Å². The lowest BCUT2D eigenvalue weighted by Crippen LogP contribution is -2.30. The van der Waals surface area contributed by atoms with E-state index >= 15 is 0 Å². The van der Waals surface area contributed by atoms with Crippen molar-refractivity contribution in [2.75, 3.05) is 45.7 Å². The largest absolute Gasteiger partial charge is 0.494 e. The van der Waals surface area contributed by atoms with Gasteiger partial charge in [0.05, 0.1) is 14.2 Å². The third-order valence-electron chi connectivity index (χ3n) is 5.29. The normalized spacial score (nSPS) is 13.5. The summed E-state index contributed by atoms with van der Waals surface area (Å²) in [5.41, 5.74) is 0.217. The van der Waals surface area contributed by atoms with Crippen molar-refractivity contribution >= 4 is 28.5 Å². The van der Waals surface area contributed by atoms with Crippen molar-refractivity contribution < 1.29 is 28.2 Å². The van der Waals surface area contributed by atoms with Crippen LogP contribution in [0.15, 0.2) is 18.2 Å². The lowest BCUT2D eigenvalue weighted by molar-refractivity contribution is 0.0596. The Balaban J connectivity index is 1.55. The monoisotopic (exact) mass is 480 g/mol. The van der Waals surface area contributed by atoms with Crippen LogP contribution in [-0.4, -0.2) is 61.7 Å². The van der Waals surface area contributed by atoms with Crippen molar-refractivity contribution in [3.05, 3.63) is 35.1 Å². The Hall–Kier alpha value is -2.92. The van der Waals surface area contributed by atoms with Crippen molar-refractivity contribution in [1.29, 1.82) is 0 Å². The van der Waals surface area contributed by atoms with E-state index in [4.69, 9.17) is 14.2 Å². The number of nitrogens with zero attached hydrogens (tertiary/aromatic N) is 2. The Morgan fingerprint density at radius 1 is 1.21 bits per heavy atom. The number of likely N-dealkylation sites (tertiary alicyclic amines) is 1. The average molecular weight is 481 g/mol. The highest BCUT2D eigenvalue weighted by molar-refractivity contribution is 7.11. The fourth-order valence-electron chi connectivity index (χ4n) is 3.53. The molecule has 1 aromatic carbocycles. The number of methoxy groups -OCH3 is 2. The van der Waals surface area contributed by atoms with Gasteiger partial charge in [-0.2, -0.15) is 4.37 Å². The van der Waals surface area contributed by atoms with Crippen LogP contribution in [0.2, 0.25) is 0 Å². The van der Waals surface area contributed by atoms with Gasteiger partial charge < -0.3 is 24.4 Å². The minimum absolute atomic E-state index is 0.0185. The molecule has 180 valence electrons. The summed E-state index contributed by atoms with van der Waals surface area (Å²) in [7, 11) is 2.59. The number of anilines is 1. The number of nitrogens with one attached hydrogen (secondary N) is 2. The maximum absolute atomic E-state index is 14.4. The summed E-state index contributed by atoms with van der Waals surface area (Å²) in [5, 5.41) is 5.60. The number of amides is 2. The molecule has 2 amide bonds. The van der Waals surface area contributed by atoms with Crippen molar-refractivity contribution in [2.24, 2.45) is 0 Å². The van der Waals surface area contributed by atoms with Crippen molar-refractivity contribution in [3.8, 4) is 11.6 Å². The van der Waals surface area contributed by atoms with Gasteiger partial charge in [0.25, 0.3) is 0 Å². The molecule has 9 nitrogen and oxygen atoms in total. The first-order valence-electron chi connectivity index (χ1n) is 10.8. The second kappa shape index (κ2) is 12.4. The zero-order chi connectivity index (χ0) is 23.6. The first kappa shape index (κ1) is 24.7. The first-order valence-corrected chi connectivity index (χ1v) is 11.6. The van der Waals surface area contributed by atoms with Gasteiger partial charge in [0.15, 0.2) is 17.1 Å². The van der Waals surface area contributed by atoms with Gasteiger partial charge in [0.1, 0.15) is 11.6 Å². The number of urea groups is 1. The van der Waals surface area contributed by atoms with Crippen LogP contribution >= 0.6 is 11.5 Å². The highest BCUT2D eigenvalue weighted by Gasteiger charge is 2.25. The molecule has 1 aliphatic heterocycles. The van der Waals surface area contributed by atoms with Crippen LogP contribution in [-0.2, 0) is 11.3 Å². The molecule has 0 atom stereocenters. The quantitative estimate of drug-likeness (QED) is 0.374. The van der Waals surface area contributed by atoms with Crippen LogP contribution in [0.5, 0.6) is 11.6 Å². The molecule has 33 heavy (non-hydrogen) atoms. The average Bonchev–Trinajstić information content (AvgIpc) is 3.47. The van der Waals surface area contributed by atoms with E-state index in [0.717, 1.165) is 44.0 Å². The van der Waals surface area contributed by atoms with Crippen molar-refractivity contribution in [2.45, 2.75) is 32.3 Å². The van der Waals surface area contributed by atoms with E-state index in [0.29, 0.717) is 6.54 Å². The predicted molar refractivity (Wildman–Crippen MR) is 123 cm³/mol. The van der Waals surface area contributed by atoms with E-state index < -0.39 is 17.8 Å². The number of esters is 1. The Bertz CT molecular complexity index is 949. The third-order valence-corrected chi connectivity index (χ3v) is 6.04. The summed E-state index contributed by atoms with van der Waals surface area (Å²) < 4.78 is 33.8. The van der Waals surface area contributed by atoms with Gasteiger partial charge in [-0.15, -0.1) is 0 Å². The molecule has 2 N–H and O–H groups in total. The molecular weight excluding hydrogens is 451 g/mol. The fraction of sp³-hybridized carbons (Fsp3) is 0.500. The van der Waals surface area contributed by atoms with E-state index in [9.17, 15) is 14.0 Å². The zero-order valence-corrected chi connectivity index (χ0v) is 19.6. The number of rotatable bonds is 11. The van der Waals surface area contributed by atoms with Gasteiger partial charge in [0, 0.05) is 12.1 Å². The molecule has 0 bridgehead atoms. The molecule has 1 aliphatic rings. The Morgan fingerprint density at radius 3 is 2.73 bits per heavy atom. The molecule has 1 fully saturated rings. The first-order chi connectivity index (χ1) is 16.0. The Kier molecular flexibility index (Phi) is 9.25. The molecule has 11 heteroatoms.